The van der Waals surface area contributed by atoms with Gasteiger partial charge in [-0.2, -0.15) is 0 Å². The van der Waals surface area contributed by atoms with Crippen molar-refractivity contribution in [3.05, 3.63) is 53.3 Å². The Balaban J connectivity index is 1.90. The van der Waals surface area contributed by atoms with Crippen molar-refractivity contribution in [1.29, 1.82) is 0 Å². The van der Waals surface area contributed by atoms with Gasteiger partial charge in [-0.25, -0.2) is 19.9 Å². The van der Waals surface area contributed by atoms with Crippen molar-refractivity contribution in [2.24, 2.45) is 0 Å². The van der Waals surface area contributed by atoms with Gasteiger partial charge in [0.1, 0.15) is 6.33 Å². The Kier molecular flexibility index (Phi) is 4.73. The number of amides is 1. The first-order valence-corrected chi connectivity index (χ1v) is 7.90. The van der Waals surface area contributed by atoms with Gasteiger partial charge in [-0.3, -0.25) is 10.1 Å². The molecule has 0 spiro atoms. The van der Waals surface area contributed by atoms with Crippen LogP contribution in [-0.2, 0) is 6.61 Å². The van der Waals surface area contributed by atoms with E-state index in [1.807, 2.05) is 12.3 Å². The molecule has 9 heteroatoms. The molecule has 8 nitrogen and oxygen atoms in total. The highest BCUT2D eigenvalue weighted by atomic mass is 32.1. The Morgan fingerprint density at radius 2 is 2.04 bits per heavy atom. The lowest BCUT2D eigenvalue weighted by atomic mass is 10.2. The molecule has 0 fully saturated rings. The van der Waals surface area contributed by atoms with Crippen molar-refractivity contribution in [3.63, 3.8) is 0 Å². The number of carbonyl (C=O) groups excluding carboxylic acids is 1. The van der Waals surface area contributed by atoms with E-state index in [0.29, 0.717) is 22.2 Å². The van der Waals surface area contributed by atoms with E-state index in [9.17, 15) is 9.90 Å². The monoisotopic (exact) mass is 342 g/mol. The predicted octanol–water partition coefficient (Wildman–Crippen LogP) is 2.12. The lowest BCUT2D eigenvalue weighted by Gasteiger charge is -2.11. The van der Waals surface area contributed by atoms with Crippen LogP contribution in [0.1, 0.15) is 21.9 Å². The minimum Gasteiger partial charge on any atom is -0.390 e. The molecule has 122 valence electrons. The van der Waals surface area contributed by atoms with Crippen molar-refractivity contribution >= 4 is 33.8 Å². The van der Waals surface area contributed by atoms with Gasteiger partial charge in [0.25, 0.3) is 5.91 Å². The Hall–Kier alpha value is -2.91. The minimum atomic E-state index is -0.418. The summed E-state index contributed by atoms with van der Waals surface area (Å²) < 4.78 is 0. The Morgan fingerprint density at radius 1 is 1.25 bits per heavy atom. The summed E-state index contributed by atoms with van der Waals surface area (Å²) in [5.74, 6) is -0.418. The average Bonchev–Trinajstić information content (AvgIpc) is 3.01. The van der Waals surface area contributed by atoms with Crippen LogP contribution < -0.4 is 10.6 Å². The molecule has 0 saturated carbocycles. The van der Waals surface area contributed by atoms with Crippen molar-refractivity contribution in [3.8, 4) is 0 Å². The second-order valence-corrected chi connectivity index (χ2v) is 5.72. The van der Waals surface area contributed by atoms with E-state index in [1.54, 1.807) is 24.5 Å². The van der Waals surface area contributed by atoms with Crippen LogP contribution in [0.2, 0.25) is 0 Å². The molecule has 0 aromatic carbocycles. The Morgan fingerprint density at radius 3 is 2.71 bits per heavy atom. The summed E-state index contributed by atoms with van der Waals surface area (Å²) in [6.45, 7) is 1.59. The van der Waals surface area contributed by atoms with Crippen LogP contribution in [0, 0.1) is 6.92 Å². The molecular formula is C15H14N6O2S. The molecule has 3 N–H and O–H groups in total. The van der Waals surface area contributed by atoms with Crippen molar-refractivity contribution < 1.29 is 9.90 Å². The number of pyridine rings is 1. The average molecular weight is 342 g/mol. The molecule has 0 aliphatic rings. The van der Waals surface area contributed by atoms with Gasteiger partial charge >= 0.3 is 0 Å². The SMILES string of the molecule is Cc1csc(NC(=O)c2nc(CO)ccc2Nc2cncnc2)n1. The number of anilines is 3. The van der Waals surface area contributed by atoms with Gasteiger partial charge in [-0.15, -0.1) is 11.3 Å². The van der Waals surface area contributed by atoms with Crippen LogP contribution in [0.3, 0.4) is 0 Å². The van der Waals surface area contributed by atoms with Gasteiger partial charge in [0.15, 0.2) is 10.8 Å². The fraction of sp³-hybridized carbons (Fsp3) is 0.133. The Labute approximate surface area is 141 Å². The third-order valence-electron chi connectivity index (χ3n) is 3.01. The highest BCUT2D eigenvalue weighted by molar-refractivity contribution is 7.13. The molecule has 3 aromatic heterocycles. The number of nitrogens with one attached hydrogen (secondary N) is 2. The quantitative estimate of drug-likeness (QED) is 0.651. The number of aromatic nitrogens is 4. The largest absolute Gasteiger partial charge is 0.390 e. The van der Waals surface area contributed by atoms with Gasteiger partial charge in [0, 0.05) is 5.38 Å². The lowest BCUT2D eigenvalue weighted by molar-refractivity contribution is 0.102. The standard InChI is InChI=1S/C15H14N6O2S/c1-9-7-24-15(18-9)21-14(23)13-12(3-2-10(6-22)20-13)19-11-4-16-8-17-5-11/h2-5,7-8,19,22H,6H2,1H3,(H,18,21,23). The van der Waals surface area contributed by atoms with Crippen LogP contribution >= 0.6 is 11.3 Å². The van der Waals surface area contributed by atoms with Gasteiger partial charge < -0.3 is 10.4 Å². The van der Waals surface area contributed by atoms with Crippen LogP contribution in [-0.4, -0.2) is 30.9 Å². The minimum absolute atomic E-state index is 0.151. The van der Waals surface area contributed by atoms with Gasteiger partial charge in [0.05, 0.1) is 41.8 Å². The van der Waals surface area contributed by atoms with Gasteiger partial charge in [0.2, 0.25) is 0 Å². The van der Waals surface area contributed by atoms with Gasteiger partial charge in [-0.05, 0) is 19.1 Å². The molecule has 3 heterocycles. The van der Waals surface area contributed by atoms with Gasteiger partial charge in [-0.1, -0.05) is 0 Å². The first-order chi connectivity index (χ1) is 11.7. The molecule has 24 heavy (non-hydrogen) atoms. The summed E-state index contributed by atoms with van der Waals surface area (Å²) in [5, 5.41) is 17.4. The maximum Gasteiger partial charge on any atom is 0.278 e. The zero-order valence-electron chi connectivity index (χ0n) is 12.7. The highest BCUT2D eigenvalue weighted by Gasteiger charge is 2.16. The smallest absolute Gasteiger partial charge is 0.278 e. The first-order valence-electron chi connectivity index (χ1n) is 7.02. The summed E-state index contributed by atoms with van der Waals surface area (Å²) in [4.78, 5) is 28.8. The number of carbonyl (C=O) groups is 1. The molecular weight excluding hydrogens is 328 g/mol. The Bertz CT molecular complexity index is 852. The normalized spacial score (nSPS) is 10.4. The fourth-order valence-electron chi connectivity index (χ4n) is 1.95. The molecule has 0 atom stereocenters. The number of nitrogens with zero attached hydrogens (tertiary/aromatic N) is 4. The second-order valence-electron chi connectivity index (χ2n) is 4.86. The number of aliphatic hydroxyl groups is 1. The maximum atomic E-state index is 12.5. The molecule has 1 amide bonds. The van der Waals surface area contributed by atoms with Crippen LogP contribution in [0.25, 0.3) is 0 Å². The zero-order valence-corrected chi connectivity index (χ0v) is 13.5. The molecule has 0 aliphatic carbocycles. The van der Waals surface area contributed by atoms with E-state index >= 15 is 0 Å². The molecule has 0 saturated heterocycles. The predicted molar refractivity (Wildman–Crippen MR) is 90.3 cm³/mol. The summed E-state index contributed by atoms with van der Waals surface area (Å²) >= 11 is 1.33. The van der Waals surface area contributed by atoms with Crippen LogP contribution in [0.4, 0.5) is 16.5 Å². The summed E-state index contributed by atoms with van der Waals surface area (Å²) in [5.41, 5.74) is 2.47. The number of hydrogen-bond donors (Lipinski definition) is 3. The van der Waals surface area contributed by atoms with E-state index in [2.05, 4.69) is 30.6 Å². The zero-order chi connectivity index (χ0) is 16.9. The van der Waals surface area contributed by atoms with Crippen molar-refractivity contribution in [2.75, 3.05) is 10.6 Å². The lowest BCUT2D eigenvalue weighted by Crippen LogP contribution is -2.16. The second kappa shape index (κ2) is 7.11. The van der Waals surface area contributed by atoms with Crippen LogP contribution in [0.5, 0.6) is 0 Å². The summed E-state index contributed by atoms with van der Waals surface area (Å²) in [7, 11) is 0. The number of aliphatic hydroxyl groups excluding tert-OH is 1. The highest BCUT2D eigenvalue weighted by Crippen LogP contribution is 2.22. The fourth-order valence-corrected chi connectivity index (χ4v) is 2.63. The summed E-state index contributed by atoms with van der Waals surface area (Å²) in [6, 6.07) is 3.31. The topological polar surface area (TPSA) is 113 Å². The maximum absolute atomic E-state index is 12.5. The molecule has 0 aliphatic heterocycles. The van der Waals surface area contributed by atoms with E-state index in [-0.39, 0.29) is 12.3 Å². The number of hydrogen-bond acceptors (Lipinski definition) is 8. The molecule has 0 bridgehead atoms. The van der Waals surface area contributed by atoms with E-state index < -0.39 is 5.91 Å². The van der Waals surface area contributed by atoms with Crippen molar-refractivity contribution in [2.45, 2.75) is 13.5 Å². The third-order valence-corrected chi connectivity index (χ3v) is 3.88. The number of thiazole rings is 1. The molecule has 0 unspecified atom stereocenters. The molecule has 3 rings (SSSR count). The number of aryl methyl sites for hydroxylation is 1. The summed E-state index contributed by atoms with van der Waals surface area (Å²) in [6.07, 6.45) is 4.58. The number of rotatable bonds is 5. The van der Waals surface area contributed by atoms with E-state index in [0.717, 1.165) is 5.69 Å². The van der Waals surface area contributed by atoms with Crippen molar-refractivity contribution in [1.82, 2.24) is 19.9 Å². The van der Waals surface area contributed by atoms with E-state index in [4.69, 9.17) is 0 Å². The van der Waals surface area contributed by atoms with Crippen LogP contribution in [0.15, 0.2) is 36.2 Å². The van der Waals surface area contributed by atoms with E-state index in [1.165, 1.54) is 17.7 Å². The third kappa shape index (κ3) is 3.70. The molecule has 3 aromatic rings. The first kappa shape index (κ1) is 16.0. The molecule has 0 radical (unpaired) electrons.